The number of anilines is 1. The highest BCUT2D eigenvalue weighted by Crippen LogP contribution is 2.36. The van der Waals surface area contributed by atoms with Gasteiger partial charge in [-0.15, -0.1) is 23.7 Å². The molecule has 0 N–H and O–H groups in total. The third-order valence-corrected chi connectivity index (χ3v) is 4.61. The molecule has 0 atom stereocenters. The number of hydrogen-bond donors (Lipinski definition) is 0. The largest absolute Gasteiger partial charge is 0.378 e. The summed E-state index contributed by atoms with van der Waals surface area (Å²) >= 11 is 1.77. The van der Waals surface area contributed by atoms with E-state index in [1.54, 1.807) is 17.7 Å². The van der Waals surface area contributed by atoms with Crippen LogP contribution in [-0.4, -0.2) is 36.3 Å². The van der Waals surface area contributed by atoms with Crippen molar-refractivity contribution in [3.8, 4) is 0 Å². The van der Waals surface area contributed by atoms with Gasteiger partial charge >= 0.3 is 0 Å². The molecule has 104 valence electrons. The predicted molar refractivity (Wildman–Crippen MR) is 85.2 cm³/mol. The maximum atomic E-state index is 5.41. The molecular formula is C14H14ClN3OS. The second-order valence-electron chi connectivity index (χ2n) is 4.57. The van der Waals surface area contributed by atoms with E-state index in [9.17, 15) is 0 Å². The van der Waals surface area contributed by atoms with Crippen molar-refractivity contribution in [3.63, 3.8) is 0 Å². The fourth-order valence-corrected chi connectivity index (χ4v) is 3.69. The summed E-state index contributed by atoms with van der Waals surface area (Å²) in [6.07, 6.45) is 1.67. The van der Waals surface area contributed by atoms with E-state index in [1.165, 1.54) is 14.8 Å². The van der Waals surface area contributed by atoms with Gasteiger partial charge in [-0.25, -0.2) is 9.97 Å². The first kappa shape index (κ1) is 13.5. The molecule has 0 bridgehead atoms. The Bertz CT molecular complexity index is 739. The van der Waals surface area contributed by atoms with Crippen LogP contribution >= 0.6 is 23.7 Å². The Balaban J connectivity index is 0.00000121. The maximum absolute atomic E-state index is 5.41. The Hall–Kier alpha value is -1.43. The minimum absolute atomic E-state index is 0. The third-order valence-electron chi connectivity index (χ3n) is 3.45. The van der Waals surface area contributed by atoms with Crippen molar-refractivity contribution in [1.82, 2.24) is 9.97 Å². The van der Waals surface area contributed by atoms with E-state index >= 15 is 0 Å². The van der Waals surface area contributed by atoms with Crippen molar-refractivity contribution in [2.45, 2.75) is 0 Å². The lowest BCUT2D eigenvalue weighted by atomic mass is 10.2. The minimum Gasteiger partial charge on any atom is -0.378 e. The second-order valence-corrected chi connectivity index (χ2v) is 5.62. The van der Waals surface area contributed by atoms with E-state index in [0.29, 0.717) is 0 Å². The molecule has 0 radical (unpaired) electrons. The van der Waals surface area contributed by atoms with Crippen molar-refractivity contribution in [1.29, 1.82) is 0 Å². The average Bonchev–Trinajstić information content (AvgIpc) is 2.87. The lowest BCUT2D eigenvalue weighted by molar-refractivity contribution is 0.122. The standard InChI is InChI=1S/C14H13N3OS.ClH/c1-2-4-11-10(3-1)12-13(19-11)14(16-9-15-12)17-5-7-18-8-6-17;/h1-4,9H,5-8H2;1H. The van der Waals surface area contributed by atoms with Gasteiger partial charge in [-0.2, -0.15) is 0 Å². The maximum Gasteiger partial charge on any atom is 0.150 e. The van der Waals surface area contributed by atoms with Gasteiger partial charge in [0.15, 0.2) is 0 Å². The summed E-state index contributed by atoms with van der Waals surface area (Å²) < 4.78 is 7.87. The monoisotopic (exact) mass is 307 g/mol. The number of halogens is 1. The zero-order chi connectivity index (χ0) is 12.7. The van der Waals surface area contributed by atoms with Crippen molar-refractivity contribution < 1.29 is 4.74 Å². The molecule has 4 rings (SSSR count). The lowest BCUT2D eigenvalue weighted by Crippen LogP contribution is -2.36. The molecule has 1 aromatic carbocycles. The van der Waals surface area contributed by atoms with Crippen LogP contribution in [0.1, 0.15) is 0 Å². The Morgan fingerprint density at radius 3 is 2.75 bits per heavy atom. The van der Waals surface area contributed by atoms with Crippen LogP contribution in [0.25, 0.3) is 20.3 Å². The molecule has 3 heterocycles. The third kappa shape index (κ3) is 2.12. The van der Waals surface area contributed by atoms with Gasteiger partial charge in [-0.1, -0.05) is 18.2 Å². The van der Waals surface area contributed by atoms with Gasteiger partial charge < -0.3 is 9.64 Å². The molecule has 1 saturated heterocycles. The Morgan fingerprint density at radius 1 is 1.10 bits per heavy atom. The van der Waals surface area contributed by atoms with Gasteiger partial charge in [-0.3, -0.25) is 0 Å². The number of fused-ring (bicyclic) bond motifs is 3. The van der Waals surface area contributed by atoms with Gasteiger partial charge in [-0.05, 0) is 6.07 Å². The highest BCUT2D eigenvalue weighted by Gasteiger charge is 2.18. The Labute approximate surface area is 126 Å². The number of ether oxygens (including phenoxy) is 1. The molecular weight excluding hydrogens is 294 g/mol. The number of thiophene rings is 1. The first-order valence-electron chi connectivity index (χ1n) is 6.38. The number of benzene rings is 1. The van der Waals surface area contributed by atoms with Crippen LogP contribution in [-0.2, 0) is 4.74 Å². The SMILES string of the molecule is Cl.c1ccc2c(c1)sc1c(N3CCOCC3)ncnc12. The summed E-state index contributed by atoms with van der Waals surface area (Å²) in [6, 6.07) is 8.40. The molecule has 2 aromatic heterocycles. The molecule has 1 aliphatic rings. The van der Waals surface area contributed by atoms with E-state index < -0.39 is 0 Å². The van der Waals surface area contributed by atoms with Gasteiger partial charge in [0.05, 0.1) is 23.4 Å². The molecule has 4 nitrogen and oxygen atoms in total. The van der Waals surface area contributed by atoms with Crippen molar-refractivity contribution in [2.24, 2.45) is 0 Å². The average molecular weight is 308 g/mol. The lowest BCUT2D eigenvalue weighted by Gasteiger charge is -2.27. The number of morpholine rings is 1. The molecule has 3 aromatic rings. The van der Waals surface area contributed by atoms with E-state index in [2.05, 4.69) is 39.1 Å². The molecule has 0 amide bonds. The molecule has 1 aliphatic heterocycles. The van der Waals surface area contributed by atoms with Crippen molar-refractivity contribution in [2.75, 3.05) is 31.2 Å². The number of nitrogens with zero attached hydrogens (tertiary/aromatic N) is 3. The summed E-state index contributed by atoms with van der Waals surface area (Å²) in [4.78, 5) is 11.3. The van der Waals surface area contributed by atoms with Gasteiger partial charge in [0.25, 0.3) is 0 Å². The molecule has 6 heteroatoms. The quantitative estimate of drug-likeness (QED) is 0.692. The summed E-state index contributed by atoms with van der Waals surface area (Å²) in [6.45, 7) is 3.35. The molecule has 0 saturated carbocycles. The number of rotatable bonds is 1. The minimum atomic E-state index is 0. The fraction of sp³-hybridized carbons (Fsp3) is 0.286. The first-order valence-corrected chi connectivity index (χ1v) is 7.20. The van der Waals surface area contributed by atoms with Gasteiger partial charge in [0.1, 0.15) is 12.1 Å². The van der Waals surface area contributed by atoms with Crippen LogP contribution in [0.5, 0.6) is 0 Å². The smallest absolute Gasteiger partial charge is 0.150 e. The molecule has 0 aliphatic carbocycles. The van der Waals surface area contributed by atoms with E-state index in [1.807, 2.05) is 0 Å². The van der Waals surface area contributed by atoms with E-state index in [0.717, 1.165) is 37.6 Å². The van der Waals surface area contributed by atoms with Crippen molar-refractivity contribution >= 4 is 49.9 Å². The normalized spacial score (nSPS) is 15.5. The van der Waals surface area contributed by atoms with Crippen LogP contribution in [0.4, 0.5) is 5.82 Å². The Morgan fingerprint density at radius 2 is 1.90 bits per heavy atom. The summed E-state index contributed by atoms with van der Waals surface area (Å²) in [5.74, 6) is 1.05. The Kier molecular flexibility index (Phi) is 3.74. The second kappa shape index (κ2) is 5.52. The highest BCUT2D eigenvalue weighted by molar-refractivity contribution is 7.26. The number of hydrogen-bond acceptors (Lipinski definition) is 5. The summed E-state index contributed by atoms with van der Waals surface area (Å²) in [5.41, 5.74) is 1.07. The van der Waals surface area contributed by atoms with E-state index in [4.69, 9.17) is 4.74 Å². The number of aromatic nitrogens is 2. The zero-order valence-electron chi connectivity index (χ0n) is 10.8. The fourth-order valence-electron chi connectivity index (χ4n) is 2.51. The van der Waals surface area contributed by atoms with Gasteiger partial charge in [0.2, 0.25) is 0 Å². The molecule has 0 spiro atoms. The van der Waals surface area contributed by atoms with Crippen LogP contribution in [0.2, 0.25) is 0 Å². The van der Waals surface area contributed by atoms with Crippen LogP contribution in [0.15, 0.2) is 30.6 Å². The summed E-state index contributed by atoms with van der Waals surface area (Å²) in [7, 11) is 0. The van der Waals surface area contributed by atoms with Crippen LogP contribution in [0.3, 0.4) is 0 Å². The topological polar surface area (TPSA) is 38.2 Å². The summed E-state index contributed by atoms with van der Waals surface area (Å²) in [5, 5.41) is 1.22. The van der Waals surface area contributed by atoms with E-state index in [-0.39, 0.29) is 12.4 Å². The molecule has 20 heavy (non-hydrogen) atoms. The van der Waals surface area contributed by atoms with Crippen LogP contribution in [0, 0.1) is 0 Å². The zero-order valence-corrected chi connectivity index (χ0v) is 12.4. The highest BCUT2D eigenvalue weighted by atomic mass is 35.5. The predicted octanol–water partition coefficient (Wildman–Crippen LogP) is 3.10. The molecule has 1 fully saturated rings. The van der Waals surface area contributed by atoms with Gasteiger partial charge in [0, 0.05) is 23.2 Å². The molecule has 0 unspecified atom stereocenters. The van der Waals surface area contributed by atoms with Crippen LogP contribution < -0.4 is 4.90 Å². The first-order chi connectivity index (χ1) is 9.43. The van der Waals surface area contributed by atoms with Crippen molar-refractivity contribution in [3.05, 3.63) is 30.6 Å².